The number of aromatic nitrogens is 1. The van der Waals surface area contributed by atoms with Crippen LogP contribution in [0, 0.1) is 5.41 Å². The lowest BCUT2D eigenvalue weighted by Crippen LogP contribution is -2.28. The van der Waals surface area contributed by atoms with Crippen LogP contribution >= 0.6 is 11.3 Å². The summed E-state index contributed by atoms with van der Waals surface area (Å²) in [6.07, 6.45) is 1.14. The lowest BCUT2D eigenvalue weighted by Gasteiger charge is -2.26. The molecular weight excluding hydrogens is 266 g/mol. The summed E-state index contributed by atoms with van der Waals surface area (Å²) >= 11 is 1.84. The average Bonchev–Trinajstić information content (AvgIpc) is 2.77. The molecular formula is C16H31N3S. The molecule has 116 valence electrons. The van der Waals surface area contributed by atoms with E-state index in [1.165, 1.54) is 10.6 Å². The van der Waals surface area contributed by atoms with Gasteiger partial charge in [0, 0.05) is 25.0 Å². The third kappa shape index (κ3) is 5.06. The molecule has 0 aliphatic carbocycles. The SMILES string of the molecule is CCNCc1sc(N(C)CC(C)(C)C)nc1C(C)CC. The van der Waals surface area contributed by atoms with E-state index in [1.807, 2.05) is 11.3 Å². The summed E-state index contributed by atoms with van der Waals surface area (Å²) in [4.78, 5) is 8.62. The predicted molar refractivity (Wildman–Crippen MR) is 90.9 cm³/mol. The van der Waals surface area contributed by atoms with Crippen LogP contribution in [-0.4, -0.2) is 25.1 Å². The third-order valence-corrected chi connectivity index (χ3v) is 4.55. The molecule has 0 aliphatic rings. The highest BCUT2D eigenvalue weighted by molar-refractivity contribution is 7.15. The molecule has 0 fully saturated rings. The van der Waals surface area contributed by atoms with Gasteiger partial charge in [0.05, 0.1) is 5.69 Å². The third-order valence-electron chi connectivity index (χ3n) is 3.37. The fraction of sp³-hybridized carbons (Fsp3) is 0.812. The number of nitrogens with one attached hydrogen (secondary N) is 1. The highest BCUT2D eigenvalue weighted by atomic mass is 32.1. The van der Waals surface area contributed by atoms with Crippen molar-refractivity contribution in [3.63, 3.8) is 0 Å². The van der Waals surface area contributed by atoms with Crippen LogP contribution in [0.4, 0.5) is 5.13 Å². The highest BCUT2D eigenvalue weighted by Crippen LogP contribution is 2.32. The normalized spacial score (nSPS) is 13.6. The fourth-order valence-electron chi connectivity index (χ4n) is 2.24. The predicted octanol–water partition coefficient (Wildman–Crippen LogP) is 4.25. The fourth-order valence-corrected chi connectivity index (χ4v) is 3.35. The lowest BCUT2D eigenvalue weighted by atomic mass is 9.96. The molecule has 3 nitrogen and oxygen atoms in total. The number of hydrogen-bond acceptors (Lipinski definition) is 4. The first kappa shape index (κ1) is 17.4. The molecule has 0 saturated heterocycles. The van der Waals surface area contributed by atoms with Crippen molar-refractivity contribution in [1.29, 1.82) is 0 Å². The van der Waals surface area contributed by atoms with E-state index in [0.29, 0.717) is 11.3 Å². The van der Waals surface area contributed by atoms with Crippen LogP contribution in [-0.2, 0) is 6.54 Å². The Hall–Kier alpha value is -0.610. The lowest BCUT2D eigenvalue weighted by molar-refractivity contribution is 0.418. The number of rotatable bonds is 7. The van der Waals surface area contributed by atoms with Crippen LogP contribution in [0.3, 0.4) is 0 Å². The van der Waals surface area contributed by atoms with Crippen molar-refractivity contribution in [1.82, 2.24) is 10.3 Å². The Labute approximate surface area is 128 Å². The molecule has 20 heavy (non-hydrogen) atoms. The smallest absolute Gasteiger partial charge is 0.185 e. The molecule has 1 heterocycles. The van der Waals surface area contributed by atoms with Gasteiger partial charge in [-0.15, -0.1) is 11.3 Å². The maximum atomic E-state index is 4.92. The number of anilines is 1. The zero-order chi connectivity index (χ0) is 15.3. The van der Waals surface area contributed by atoms with Crippen molar-refractivity contribution < 1.29 is 0 Å². The van der Waals surface area contributed by atoms with Gasteiger partial charge < -0.3 is 10.2 Å². The van der Waals surface area contributed by atoms with Gasteiger partial charge in [-0.25, -0.2) is 4.98 Å². The molecule has 4 heteroatoms. The average molecular weight is 298 g/mol. The number of thiazole rings is 1. The van der Waals surface area contributed by atoms with Gasteiger partial charge in [0.2, 0.25) is 0 Å². The monoisotopic (exact) mass is 297 g/mol. The number of nitrogens with zero attached hydrogens (tertiary/aromatic N) is 2. The van der Waals surface area contributed by atoms with Crippen LogP contribution in [0.2, 0.25) is 0 Å². The minimum absolute atomic E-state index is 0.290. The Morgan fingerprint density at radius 2 is 1.95 bits per heavy atom. The van der Waals surface area contributed by atoms with E-state index in [4.69, 9.17) is 4.98 Å². The minimum Gasteiger partial charge on any atom is -0.351 e. The Morgan fingerprint density at radius 3 is 2.45 bits per heavy atom. The van der Waals surface area contributed by atoms with Crippen LogP contribution in [0.1, 0.15) is 64.5 Å². The molecule has 1 atom stereocenters. The zero-order valence-electron chi connectivity index (χ0n) is 14.2. The molecule has 1 aromatic rings. The summed E-state index contributed by atoms with van der Waals surface area (Å²) in [5.74, 6) is 0.539. The number of hydrogen-bond donors (Lipinski definition) is 1. The van der Waals surface area contributed by atoms with Crippen LogP contribution in [0.25, 0.3) is 0 Å². The first-order chi connectivity index (χ1) is 9.28. The summed E-state index contributed by atoms with van der Waals surface area (Å²) in [7, 11) is 2.15. The van der Waals surface area contributed by atoms with Crippen molar-refractivity contribution in [2.24, 2.45) is 5.41 Å². The maximum Gasteiger partial charge on any atom is 0.185 e. The van der Waals surface area contributed by atoms with Gasteiger partial charge in [-0.3, -0.25) is 0 Å². The maximum absolute atomic E-state index is 4.92. The van der Waals surface area contributed by atoms with Crippen LogP contribution in [0.5, 0.6) is 0 Å². The Kier molecular flexibility index (Phi) is 6.46. The molecule has 1 unspecified atom stereocenters. The van der Waals surface area contributed by atoms with Crippen molar-refractivity contribution in [3.05, 3.63) is 10.6 Å². The van der Waals surface area contributed by atoms with Gasteiger partial charge in [0.1, 0.15) is 0 Å². The molecule has 0 aliphatic heterocycles. The van der Waals surface area contributed by atoms with Crippen molar-refractivity contribution >= 4 is 16.5 Å². The summed E-state index contributed by atoms with van der Waals surface area (Å²) in [6.45, 7) is 16.4. The van der Waals surface area contributed by atoms with Crippen molar-refractivity contribution in [2.45, 2.75) is 60.4 Å². The molecule has 0 radical (unpaired) electrons. The Balaban J connectivity index is 2.95. The quantitative estimate of drug-likeness (QED) is 0.815. The first-order valence-electron chi connectivity index (χ1n) is 7.70. The van der Waals surface area contributed by atoms with E-state index in [0.717, 1.165) is 31.2 Å². The highest BCUT2D eigenvalue weighted by Gasteiger charge is 2.20. The molecule has 0 spiro atoms. The zero-order valence-corrected chi connectivity index (χ0v) is 15.0. The van der Waals surface area contributed by atoms with Gasteiger partial charge in [-0.05, 0) is 24.3 Å². The Bertz CT molecular complexity index is 406. The van der Waals surface area contributed by atoms with Crippen LogP contribution < -0.4 is 10.2 Å². The molecule has 0 bridgehead atoms. The summed E-state index contributed by atoms with van der Waals surface area (Å²) in [6, 6.07) is 0. The topological polar surface area (TPSA) is 28.2 Å². The van der Waals surface area contributed by atoms with Gasteiger partial charge in [-0.1, -0.05) is 41.5 Å². The van der Waals surface area contributed by atoms with Crippen molar-refractivity contribution in [3.8, 4) is 0 Å². The second kappa shape index (κ2) is 7.41. The van der Waals surface area contributed by atoms with E-state index in [2.05, 4.69) is 58.8 Å². The molecule has 1 N–H and O–H groups in total. The van der Waals surface area contributed by atoms with E-state index in [1.54, 1.807) is 0 Å². The summed E-state index contributed by atoms with van der Waals surface area (Å²) in [5, 5.41) is 4.59. The molecule has 1 aromatic heterocycles. The van der Waals surface area contributed by atoms with Crippen molar-refractivity contribution in [2.75, 3.05) is 25.0 Å². The van der Waals surface area contributed by atoms with Gasteiger partial charge in [-0.2, -0.15) is 0 Å². The largest absolute Gasteiger partial charge is 0.351 e. The summed E-state index contributed by atoms with van der Waals surface area (Å²) in [5.41, 5.74) is 1.58. The minimum atomic E-state index is 0.290. The van der Waals surface area contributed by atoms with Gasteiger partial charge >= 0.3 is 0 Å². The molecule has 0 amide bonds. The molecule has 1 rings (SSSR count). The van der Waals surface area contributed by atoms with E-state index >= 15 is 0 Å². The first-order valence-corrected chi connectivity index (χ1v) is 8.51. The van der Waals surface area contributed by atoms with Gasteiger partial charge in [0.25, 0.3) is 0 Å². The van der Waals surface area contributed by atoms with E-state index in [-0.39, 0.29) is 0 Å². The second-order valence-electron chi connectivity index (χ2n) is 6.81. The molecule has 0 aromatic carbocycles. The Morgan fingerprint density at radius 1 is 1.30 bits per heavy atom. The van der Waals surface area contributed by atoms with Gasteiger partial charge in [0.15, 0.2) is 5.13 Å². The van der Waals surface area contributed by atoms with E-state index < -0.39 is 0 Å². The van der Waals surface area contributed by atoms with Crippen LogP contribution in [0.15, 0.2) is 0 Å². The standard InChI is InChI=1S/C16H31N3S/c1-8-12(3)14-13(10-17-9-2)20-15(18-14)19(7)11-16(4,5)6/h12,17H,8-11H2,1-7H3. The molecule has 0 saturated carbocycles. The summed E-state index contributed by atoms with van der Waals surface area (Å²) < 4.78 is 0. The van der Waals surface area contributed by atoms with E-state index in [9.17, 15) is 0 Å². The second-order valence-corrected chi connectivity index (χ2v) is 7.87.